The summed E-state index contributed by atoms with van der Waals surface area (Å²) in [5.74, 6) is 8.03. The summed E-state index contributed by atoms with van der Waals surface area (Å²) in [4.78, 5) is 0. The molecule has 0 radical (unpaired) electrons. The highest BCUT2D eigenvalue weighted by molar-refractivity contribution is 6.30. The molecular weight excluding hydrogens is 260 g/mol. The first-order valence-corrected chi connectivity index (χ1v) is 7.09. The summed E-state index contributed by atoms with van der Waals surface area (Å²) in [6.45, 7) is 8.86. The lowest BCUT2D eigenvalue weighted by atomic mass is 9.77. The van der Waals surface area contributed by atoms with Crippen LogP contribution >= 0.6 is 11.6 Å². The largest absolute Gasteiger partial charge is 0.496 e. The van der Waals surface area contributed by atoms with Crippen molar-refractivity contribution < 1.29 is 4.74 Å². The van der Waals surface area contributed by atoms with Crippen LogP contribution in [0.4, 0.5) is 0 Å². The van der Waals surface area contributed by atoms with Crippen LogP contribution < -0.4 is 16.0 Å². The lowest BCUT2D eigenvalue weighted by Gasteiger charge is -2.34. The SMILES string of the molecule is COc1ccc(Cl)cc1C(NN)C(C(C)C)C(C)C. The molecule has 1 atom stereocenters. The minimum absolute atomic E-state index is 0.0219. The van der Waals surface area contributed by atoms with Crippen LogP contribution in [0.25, 0.3) is 0 Å². The zero-order valence-corrected chi connectivity index (χ0v) is 13.2. The molecule has 0 aliphatic rings. The monoisotopic (exact) mass is 284 g/mol. The van der Waals surface area contributed by atoms with Crippen LogP contribution in [0.5, 0.6) is 5.75 Å². The molecule has 1 unspecified atom stereocenters. The van der Waals surface area contributed by atoms with Crippen molar-refractivity contribution in [3.05, 3.63) is 28.8 Å². The van der Waals surface area contributed by atoms with Crippen molar-refractivity contribution in [3.63, 3.8) is 0 Å². The number of nitrogens with one attached hydrogen (secondary N) is 1. The third kappa shape index (κ3) is 3.85. The van der Waals surface area contributed by atoms with Gasteiger partial charge in [-0.2, -0.15) is 0 Å². The number of methoxy groups -OCH3 is 1. The van der Waals surface area contributed by atoms with Gasteiger partial charge in [0.25, 0.3) is 0 Å². The number of hydrogen-bond donors (Lipinski definition) is 2. The maximum Gasteiger partial charge on any atom is 0.123 e. The molecule has 0 aliphatic heterocycles. The normalized spacial score (nSPS) is 13.4. The average Bonchev–Trinajstić information content (AvgIpc) is 2.34. The Balaban J connectivity index is 3.24. The van der Waals surface area contributed by atoms with Gasteiger partial charge in [0.1, 0.15) is 5.75 Å². The van der Waals surface area contributed by atoms with Crippen LogP contribution in [0.2, 0.25) is 5.02 Å². The van der Waals surface area contributed by atoms with E-state index in [1.807, 2.05) is 18.2 Å². The minimum atomic E-state index is 0.0219. The molecule has 0 saturated carbocycles. The molecule has 0 aromatic heterocycles. The second-order valence-corrected chi connectivity index (χ2v) is 6.03. The van der Waals surface area contributed by atoms with Gasteiger partial charge in [0.2, 0.25) is 0 Å². The Morgan fingerprint density at radius 3 is 2.16 bits per heavy atom. The Bertz CT molecular complexity index is 399. The number of ether oxygens (including phenoxy) is 1. The maximum atomic E-state index is 6.11. The zero-order valence-electron chi connectivity index (χ0n) is 12.4. The lowest BCUT2D eigenvalue weighted by molar-refractivity contribution is 0.207. The molecule has 0 amide bonds. The van der Waals surface area contributed by atoms with Gasteiger partial charge in [-0.1, -0.05) is 39.3 Å². The van der Waals surface area contributed by atoms with Gasteiger partial charge in [-0.05, 0) is 36.0 Å². The van der Waals surface area contributed by atoms with Crippen LogP contribution in [0.15, 0.2) is 18.2 Å². The summed E-state index contributed by atoms with van der Waals surface area (Å²) < 4.78 is 5.44. The Hall–Kier alpha value is -0.770. The minimum Gasteiger partial charge on any atom is -0.496 e. The highest BCUT2D eigenvalue weighted by Crippen LogP contribution is 2.38. The van der Waals surface area contributed by atoms with Crippen molar-refractivity contribution in [2.75, 3.05) is 7.11 Å². The lowest BCUT2D eigenvalue weighted by Crippen LogP contribution is -2.38. The first-order chi connectivity index (χ1) is 8.92. The third-order valence-corrected chi connectivity index (χ3v) is 3.87. The Kier molecular flexibility index (Phi) is 6.11. The topological polar surface area (TPSA) is 47.3 Å². The summed E-state index contributed by atoms with van der Waals surface area (Å²) in [5, 5.41) is 0.697. The van der Waals surface area contributed by atoms with Crippen molar-refractivity contribution in [2.24, 2.45) is 23.6 Å². The highest BCUT2D eigenvalue weighted by Gasteiger charge is 2.30. The van der Waals surface area contributed by atoms with Crippen molar-refractivity contribution in [2.45, 2.75) is 33.7 Å². The molecular formula is C15H25ClN2O. The van der Waals surface area contributed by atoms with Gasteiger partial charge in [-0.15, -0.1) is 0 Å². The van der Waals surface area contributed by atoms with Gasteiger partial charge in [-0.25, -0.2) is 0 Å². The number of benzene rings is 1. The Morgan fingerprint density at radius 1 is 1.16 bits per heavy atom. The van der Waals surface area contributed by atoms with E-state index in [1.165, 1.54) is 0 Å². The molecule has 0 fully saturated rings. The van der Waals surface area contributed by atoms with Gasteiger partial charge < -0.3 is 4.74 Å². The molecule has 3 nitrogen and oxygen atoms in total. The van der Waals surface area contributed by atoms with E-state index >= 15 is 0 Å². The fourth-order valence-electron chi connectivity index (χ4n) is 2.90. The smallest absolute Gasteiger partial charge is 0.123 e. The van der Waals surface area contributed by atoms with Crippen molar-refractivity contribution in [1.82, 2.24) is 5.43 Å². The second-order valence-electron chi connectivity index (χ2n) is 5.60. The summed E-state index contributed by atoms with van der Waals surface area (Å²) in [6, 6.07) is 5.67. The quantitative estimate of drug-likeness (QED) is 0.617. The highest BCUT2D eigenvalue weighted by atomic mass is 35.5. The Labute approximate surface area is 121 Å². The van der Waals surface area contributed by atoms with E-state index in [1.54, 1.807) is 7.11 Å². The van der Waals surface area contributed by atoms with E-state index in [9.17, 15) is 0 Å². The summed E-state index contributed by atoms with van der Waals surface area (Å²) in [7, 11) is 1.67. The standard InChI is InChI=1S/C15H25ClN2O/c1-9(2)14(10(3)4)15(18-17)12-8-11(16)6-7-13(12)19-5/h6-10,14-15,18H,17H2,1-5H3. The summed E-state index contributed by atoms with van der Waals surface area (Å²) in [6.07, 6.45) is 0. The molecule has 3 N–H and O–H groups in total. The van der Waals surface area contributed by atoms with Gasteiger partial charge >= 0.3 is 0 Å². The predicted molar refractivity (Wildman–Crippen MR) is 81.2 cm³/mol. The van der Waals surface area contributed by atoms with E-state index in [2.05, 4.69) is 33.1 Å². The van der Waals surface area contributed by atoms with E-state index < -0.39 is 0 Å². The number of hydrazine groups is 1. The van der Waals surface area contributed by atoms with Crippen LogP contribution in [0.3, 0.4) is 0 Å². The van der Waals surface area contributed by atoms with E-state index in [-0.39, 0.29) is 6.04 Å². The molecule has 0 saturated heterocycles. The van der Waals surface area contributed by atoms with Crippen LogP contribution in [-0.4, -0.2) is 7.11 Å². The van der Waals surface area contributed by atoms with Gasteiger partial charge in [0, 0.05) is 10.6 Å². The van der Waals surface area contributed by atoms with Gasteiger partial charge in [-0.3, -0.25) is 11.3 Å². The first kappa shape index (κ1) is 16.3. The number of nitrogens with two attached hydrogens (primary N) is 1. The zero-order chi connectivity index (χ0) is 14.6. The maximum absolute atomic E-state index is 6.11. The molecule has 1 aromatic carbocycles. The predicted octanol–water partition coefficient (Wildman–Crippen LogP) is 3.78. The summed E-state index contributed by atoms with van der Waals surface area (Å²) >= 11 is 6.11. The third-order valence-electron chi connectivity index (χ3n) is 3.63. The van der Waals surface area contributed by atoms with E-state index in [0.717, 1.165) is 11.3 Å². The van der Waals surface area contributed by atoms with Crippen LogP contribution in [-0.2, 0) is 0 Å². The van der Waals surface area contributed by atoms with Crippen molar-refractivity contribution >= 4 is 11.6 Å². The number of rotatable bonds is 6. The molecule has 108 valence electrons. The average molecular weight is 285 g/mol. The van der Waals surface area contributed by atoms with E-state index in [4.69, 9.17) is 22.2 Å². The van der Waals surface area contributed by atoms with Crippen LogP contribution in [0, 0.1) is 17.8 Å². The fraction of sp³-hybridized carbons (Fsp3) is 0.600. The van der Waals surface area contributed by atoms with Crippen molar-refractivity contribution in [1.29, 1.82) is 0 Å². The number of halogens is 1. The Morgan fingerprint density at radius 2 is 1.74 bits per heavy atom. The van der Waals surface area contributed by atoms with Gasteiger partial charge in [0.15, 0.2) is 0 Å². The first-order valence-electron chi connectivity index (χ1n) is 6.71. The molecule has 1 aromatic rings. The fourth-order valence-corrected chi connectivity index (χ4v) is 3.08. The van der Waals surface area contributed by atoms with Crippen molar-refractivity contribution in [3.8, 4) is 5.75 Å². The molecule has 0 bridgehead atoms. The summed E-state index contributed by atoms with van der Waals surface area (Å²) in [5.41, 5.74) is 3.96. The molecule has 1 rings (SSSR count). The second kappa shape index (κ2) is 7.13. The molecule has 4 heteroatoms. The molecule has 0 heterocycles. The molecule has 19 heavy (non-hydrogen) atoms. The molecule has 0 spiro atoms. The van der Waals surface area contributed by atoms with Crippen LogP contribution in [0.1, 0.15) is 39.3 Å². The van der Waals surface area contributed by atoms with E-state index in [0.29, 0.717) is 22.8 Å². The molecule has 0 aliphatic carbocycles. The number of hydrogen-bond acceptors (Lipinski definition) is 3. The van der Waals surface area contributed by atoms with Gasteiger partial charge in [0.05, 0.1) is 13.2 Å².